The third kappa shape index (κ3) is 6.38. The van der Waals surface area contributed by atoms with Gasteiger partial charge in [0.25, 0.3) is 0 Å². The normalized spacial score (nSPS) is 10.7. The third-order valence-corrected chi connectivity index (χ3v) is 4.12. The molecule has 0 bridgehead atoms. The Morgan fingerprint density at radius 3 is 2.52 bits per heavy atom. The van der Waals surface area contributed by atoms with Crippen LogP contribution in [0.15, 0.2) is 71.3 Å². The SMILES string of the molecule is O=C(CCCOCCc1ccccc1)NCc1ncc(-c2ccccc2)o1. The van der Waals surface area contributed by atoms with E-state index >= 15 is 0 Å². The highest BCUT2D eigenvalue weighted by Crippen LogP contribution is 2.19. The number of carbonyl (C=O) groups is 1. The summed E-state index contributed by atoms with van der Waals surface area (Å²) in [6.45, 7) is 1.54. The number of nitrogens with zero attached hydrogens (tertiary/aromatic N) is 1. The van der Waals surface area contributed by atoms with Crippen molar-refractivity contribution >= 4 is 5.91 Å². The van der Waals surface area contributed by atoms with Crippen LogP contribution in [-0.2, 0) is 22.5 Å². The fourth-order valence-electron chi connectivity index (χ4n) is 2.66. The van der Waals surface area contributed by atoms with Gasteiger partial charge in [0.2, 0.25) is 11.8 Å². The summed E-state index contributed by atoms with van der Waals surface area (Å²) < 4.78 is 11.3. The number of nitrogens with one attached hydrogen (secondary N) is 1. The zero-order chi connectivity index (χ0) is 18.7. The fourth-order valence-corrected chi connectivity index (χ4v) is 2.66. The van der Waals surface area contributed by atoms with Gasteiger partial charge in [-0.1, -0.05) is 60.7 Å². The first kappa shape index (κ1) is 18.9. The summed E-state index contributed by atoms with van der Waals surface area (Å²) in [4.78, 5) is 16.1. The van der Waals surface area contributed by atoms with Gasteiger partial charge in [-0.05, 0) is 18.4 Å². The van der Waals surface area contributed by atoms with E-state index in [0.29, 0.717) is 44.3 Å². The van der Waals surface area contributed by atoms with Crippen LogP contribution in [0.25, 0.3) is 11.3 Å². The minimum Gasteiger partial charge on any atom is -0.439 e. The molecule has 0 aliphatic heterocycles. The molecule has 0 fully saturated rings. The number of hydrogen-bond acceptors (Lipinski definition) is 4. The van der Waals surface area contributed by atoms with Crippen molar-refractivity contribution in [3.63, 3.8) is 0 Å². The predicted octanol–water partition coefficient (Wildman–Crippen LogP) is 4.00. The van der Waals surface area contributed by atoms with Crippen molar-refractivity contribution < 1.29 is 13.9 Å². The maximum Gasteiger partial charge on any atom is 0.220 e. The molecular formula is C22H24N2O3. The van der Waals surface area contributed by atoms with Gasteiger partial charge in [0.1, 0.15) is 0 Å². The van der Waals surface area contributed by atoms with Crippen molar-refractivity contribution in [1.29, 1.82) is 0 Å². The highest BCUT2D eigenvalue weighted by Gasteiger charge is 2.07. The van der Waals surface area contributed by atoms with E-state index in [2.05, 4.69) is 22.4 Å². The average molecular weight is 364 g/mol. The Hall–Kier alpha value is -2.92. The molecule has 5 nitrogen and oxygen atoms in total. The molecule has 2 aromatic carbocycles. The molecule has 0 aliphatic rings. The van der Waals surface area contributed by atoms with Crippen molar-refractivity contribution in [3.05, 3.63) is 78.3 Å². The number of carbonyl (C=O) groups excluding carboxylic acids is 1. The van der Waals surface area contributed by atoms with Gasteiger partial charge in [-0.3, -0.25) is 4.79 Å². The Morgan fingerprint density at radius 2 is 1.74 bits per heavy atom. The van der Waals surface area contributed by atoms with Crippen LogP contribution in [0.5, 0.6) is 0 Å². The monoisotopic (exact) mass is 364 g/mol. The minimum atomic E-state index is -0.0267. The molecule has 0 atom stereocenters. The molecular weight excluding hydrogens is 340 g/mol. The Bertz CT molecular complexity index is 816. The van der Waals surface area contributed by atoms with Crippen LogP contribution < -0.4 is 5.32 Å². The minimum absolute atomic E-state index is 0.0267. The van der Waals surface area contributed by atoms with E-state index in [1.165, 1.54) is 5.56 Å². The second kappa shape index (κ2) is 10.3. The second-order valence-electron chi connectivity index (χ2n) is 6.21. The lowest BCUT2D eigenvalue weighted by molar-refractivity contribution is -0.121. The van der Waals surface area contributed by atoms with Crippen molar-refractivity contribution in [2.24, 2.45) is 0 Å². The maximum atomic E-state index is 11.9. The molecule has 5 heteroatoms. The molecule has 3 rings (SSSR count). The zero-order valence-corrected chi connectivity index (χ0v) is 15.3. The van der Waals surface area contributed by atoms with E-state index in [4.69, 9.17) is 9.15 Å². The van der Waals surface area contributed by atoms with E-state index in [-0.39, 0.29) is 5.91 Å². The number of aromatic nitrogens is 1. The number of oxazole rings is 1. The van der Waals surface area contributed by atoms with Crippen molar-refractivity contribution in [3.8, 4) is 11.3 Å². The fraction of sp³-hybridized carbons (Fsp3) is 0.273. The van der Waals surface area contributed by atoms with Crippen LogP contribution in [0, 0.1) is 0 Å². The van der Waals surface area contributed by atoms with Crippen LogP contribution in [0.2, 0.25) is 0 Å². The molecule has 1 N–H and O–H groups in total. The summed E-state index contributed by atoms with van der Waals surface area (Å²) in [6.07, 6.45) is 3.69. The number of amides is 1. The molecule has 1 heterocycles. The summed E-state index contributed by atoms with van der Waals surface area (Å²) in [5.41, 5.74) is 2.23. The summed E-state index contributed by atoms with van der Waals surface area (Å²) in [7, 11) is 0. The molecule has 0 spiro atoms. The van der Waals surface area contributed by atoms with Crippen LogP contribution in [0.3, 0.4) is 0 Å². The molecule has 0 saturated heterocycles. The van der Waals surface area contributed by atoms with Gasteiger partial charge in [-0.15, -0.1) is 0 Å². The van der Waals surface area contributed by atoms with Crippen LogP contribution in [0.1, 0.15) is 24.3 Å². The highest BCUT2D eigenvalue weighted by molar-refractivity contribution is 5.75. The topological polar surface area (TPSA) is 64.4 Å². The average Bonchev–Trinajstić information content (AvgIpc) is 3.20. The third-order valence-electron chi connectivity index (χ3n) is 4.12. The summed E-state index contributed by atoms with van der Waals surface area (Å²) in [5.74, 6) is 1.18. The second-order valence-corrected chi connectivity index (χ2v) is 6.21. The van der Waals surface area contributed by atoms with Gasteiger partial charge in [-0.25, -0.2) is 4.98 Å². The quantitative estimate of drug-likeness (QED) is 0.552. The highest BCUT2D eigenvalue weighted by atomic mass is 16.5. The first-order valence-corrected chi connectivity index (χ1v) is 9.20. The van der Waals surface area contributed by atoms with Gasteiger partial charge in [0, 0.05) is 18.6 Å². The molecule has 27 heavy (non-hydrogen) atoms. The standard InChI is InChI=1S/C22H24N2O3/c25-21(12-7-14-26-15-13-18-8-3-1-4-9-18)23-17-22-24-16-20(27-22)19-10-5-2-6-11-19/h1-6,8-11,16H,7,12-15,17H2,(H,23,25). The predicted molar refractivity (Wildman–Crippen MR) is 104 cm³/mol. The zero-order valence-electron chi connectivity index (χ0n) is 15.3. The van der Waals surface area contributed by atoms with E-state index in [9.17, 15) is 4.79 Å². The van der Waals surface area contributed by atoms with E-state index in [0.717, 1.165) is 12.0 Å². The number of ether oxygens (including phenoxy) is 1. The van der Waals surface area contributed by atoms with Gasteiger partial charge in [0.05, 0.1) is 19.3 Å². The van der Waals surface area contributed by atoms with Crippen molar-refractivity contribution in [2.75, 3.05) is 13.2 Å². The van der Waals surface area contributed by atoms with Gasteiger partial charge in [-0.2, -0.15) is 0 Å². The van der Waals surface area contributed by atoms with E-state index in [1.807, 2.05) is 48.5 Å². The van der Waals surface area contributed by atoms with E-state index < -0.39 is 0 Å². The lowest BCUT2D eigenvalue weighted by atomic mass is 10.2. The largest absolute Gasteiger partial charge is 0.439 e. The Kier molecular flexibility index (Phi) is 7.18. The van der Waals surface area contributed by atoms with Gasteiger partial charge in [0.15, 0.2) is 5.76 Å². The molecule has 1 amide bonds. The molecule has 3 aromatic rings. The lowest BCUT2D eigenvalue weighted by Crippen LogP contribution is -2.23. The molecule has 0 saturated carbocycles. The maximum absolute atomic E-state index is 11.9. The number of benzene rings is 2. The molecule has 1 aromatic heterocycles. The summed E-state index contributed by atoms with van der Waals surface area (Å²) in [5, 5.41) is 2.83. The van der Waals surface area contributed by atoms with Crippen molar-refractivity contribution in [1.82, 2.24) is 10.3 Å². The van der Waals surface area contributed by atoms with Crippen molar-refractivity contribution in [2.45, 2.75) is 25.8 Å². The first-order chi connectivity index (χ1) is 13.3. The van der Waals surface area contributed by atoms with Crippen LogP contribution in [-0.4, -0.2) is 24.1 Å². The van der Waals surface area contributed by atoms with Gasteiger partial charge < -0.3 is 14.5 Å². The molecule has 0 radical (unpaired) electrons. The smallest absolute Gasteiger partial charge is 0.220 e. The van der Waals surface area contributed by atoms with Crippen LogP contribution in [0.4, 0.5) is 0 Å². The molecule has 140 valence electrons. The Morgan fingerprint density at radius 1 is 1.00 bits per heavy atom. The molecule has 0 aliphatic carbocycles. The summed E-state index contributed by atoms with van der Waals surface area (Å²) >= 11 is 0. The number of hydrogen-bond donors (Lipinski definition) is 1. The first-order valence-electron chi connectivity index (χ1n) is 9.20. The van der Waals surface area contributed by atoms with Crippen LogP contribution >= 0.6 is 0 Å². The van der Waals surface area contributed by atoms with E-state index in [1.54, 1.807) is 6.20 Å². The summed E-state index contributed by atoms with van der Waals surface area (Å²) in [6, 6.07) is 20.0. The molecule has 0 unspecified atom stereocenters. The Balaban J connectivity index is 1.28. The van der Waals surface area contributed by atoms with Gasteiger partial charge >= 0.3 is 0 Å². The number of rotatable bonds is 10. The Labute approximate surface area is 159 Å². The lowest BCUT2D eigenvalue weighted by Gasteiger charge is -2.05.